The molecule has 0 unspecified atom stereocenters. The van der Waals surface area contributed by atoms with Crippen LogP contribution in [0, 0.1) is 11.2 Å². The Morgan fingerprint density at radius 2 is 1.72 bits per heavy atom. The highest BCUT2D eigenvalue weighted by molar-refractivity contribution is 6.04. The number of nitrogens with zero attached hydrogens (tertiary/aromatic N) is 1. The van der Waals surface area contributed by atoms with Crippen molar-refractivity contribution in [3.05, 3.63) is 77.7 Å². The summed E-state index contributed by atoms with van der Waals surface area (Å²) in [5.74, 6) is 0.143. The Bertz CT molecular complexity index is 1290. The zero-order valence-corrected chi connectivity index (χ0v) is 17.5. The van der Waals surface area contributed by atoms with Crippen molar-refractivity contribution >= 4 is 22.8 Å². The lowest BCUT2D eigenvalue weighted by Crippen LogP contribution is -2.17. The topological polar surface area (TPSA) is 84.3 Å². The van der Waals surface area contributed by atoms with Crippen LogP contribution in [0.3, 0.4) is 0 Å². The summed E-state index contributed by atoms with van der Waals surface area (Å²) in [4.78, 5) is 0. The lowest BCUT2D eigenvalue weighted by molar-refractivity contribution is 0.0844. The van der Waals surface area contributed by atoms with Crippen LogP contribution in [0.5, 0.6) is 5.75 Å². The smallest absolute Gasteiger partial charge is 0.123 e. The van der Waals surface area contributed by atoms with Crippen LogP contribution in [-0.4, -0.2) is 29.1 Å². The number of nitrogens with two attached hydrogens (primary N) is 1. The predicted octanol–water partition coefficient (Wildman–Crippen LogP) is 5.62. The molecule has 4 N–H and O–H groups in total. The Kier molecular flexibility index (Phi) is 5.15. The fourth-order valence-electron chi connectivity index (χ4n) is 4.67. The fraction of sp³-hybridized carbons (Fsp3) is 0.192. The van der Waals surface area contributed by atoms with Gasteiger partial charge in [0.1, 0.15) is 11.6 Å². The molecule has 1 aliphatic rings. The highest BCUT2D eigenvalue weighted by Gasteiger charge is 2.28. The molecule has 0 radical (unpaired) electrons. The first-order valence-electron chi connectivity index (χ1n) is 10.7. The highest BCUT2D eigenvalue weighted by atomic mass is 19.1. The van der Waals surface area contributed by atoms with Crippen molar-refractivity contribution in [3.63, 3.8) is 0 Å². The van der Waals surface area contributed by atoms with Crippen molar-refractivity contribution in [3.8, 4) is 22.6 Å². The Morgan fingerprint density at radius 1 is 1.03 bits per heavy atom. The summed E-state index contributed by atoms with van der Waals surface area (Å²) in [7, 11) is 0. The summed E-state index contributed by atoms with van der Waals surface area (Å²) in [5.41, 5.74) is 12.3. The van der Waals surface area contributed by atoms with Crippen LogP contribution in [0.15, 0.2) is 60.7 Å². The van der Waals surface area contributed by atoms with Gasteiger partial charge >= 0.3 is 0 Å². The van der Waals surface area contributed by atoms with Crippen LogP contribution >= 0.6 is 0 Å². The molecule has 6 heteroatoms. The van der Waals surface area contributed by atoms with Gasteiger partial charge in [-0.25, -0.2) is 4.39 Å². The van der Waals surface area contributed by atoms with Gasteiger partial charge in [-0.05, 0) is 66.9 Å². The Balaban J connectivity index is 1.91. The van der Waals surface area contributed by atoms with E-state index < -0.39 is 0 Å². The number of fused-ring (bicyclic) bond motifs is 1. The zero-order valence-electron chi connectivity index (χ0n) is 17.5. The van der Waals surface area contributed by atoms with Gasteiger partial charge in [0.05, 0.1) is 5.52 Å². The van der Waals surface area contributed by atoms with Crippen LogP contribution < -0.4 is 5.73 Å². The van der Waals surface area contributed by atoms with E-state index in [1.54, 1.807) is 24.3 Å². The van der Waals surface area contributed by atoms with Gasteiger partial charge in [-0.3, -0.25) is 0 Å². The summed E-state index contributed by atoms with van der Waals surface area (Å²) in [6.45, 7) is 1.36. The molecule has 0 amide bonds. The molecule has 1 aliphatic heterocycles. The van der Waals surface area contributed by atoms with Crippen molar-refractivity contribution < 1.29 is 14.2 Å². The first-order valence-corrected chi connectivity index (χ1v) is 10.7. The molecular formula is C26H24FN3O2. The minimum absolute atomic E-state index is 0.203. The molecule has 0 bridgehead atoms. The van der Waals surface area contributed by atoms with Gasteiger partial charge in [0.25, 0.3) is 0 Å². The van der Waals surface area contributed by atoms with Crippen molar-refractivity contribution in [2.75, 3.05) is 18.9 Å². The highest BCUT2D eigenvalue weighted by Crippen LogP contribution is 2.44. The Morgan fingerprint density at radius 3 is 2.38 bits per heavy atom. The first kappa shape index (κ1) is 20.3. The number of anilines is 1. The summed E-state index contributed by atoms with van der Waals surface area (Å²) < 4.78 is 21.6. The van der Waals surface area contributed by atoms with Gasteiger partial charge < -0.3 is 25.6 Å². The van der Waals surface area contributed by atoms with Crippen LogP contribution in [0.2, 0.25) is 0 Å². The van der Waals surface area contributed by atoms with E-state index in [0.29, 0.717) is 24.5 Å². The summed E-state index contributed by atoms with van der Waals surface area (Å²) >= 11 is 0. The Labute approximate surface area is 185 Å². The molecule has 0 spiro atoms. The van der Waals surface area contributed by atoms with Gasteiger partial charge in [0.15, 0.2) is 0 Å². The summed E-state index contributed by atoms with van der Waals surface area (Å²) in [6, 6.07) is 17.5. The molecule has 0 saturated carbocycles. The van der Waals surface area contributed by atoms with Crippen molar-refractivity contribution in [2.24, 2.45) is 0 Å². The molecule has 1 aromatic heterocycles. The largest absolute Gasteiger partial charge is 0.508 e. The normalized spacial score (nSPS) is 14.7. The molecule has 162 valence electrons. The molecule has 5 rings (SSSR count). The number of halogens is 1. The van der Waals surface area contributed by atoms with E-state index in [-0.39, 0.29) is 17.5 Å². The van der Waals surface area contributed by atoms with Crippen LogP contribution in [0.4, 0.5) is 10.1 Å². The van der Waals surface area contributed by atoms with E-state index in [1.165, 1.54) is 18.3 Å². The van der Waals surface area contributed by atoms with Crippen LogP contribution in [0.1, 0.15) is 30.0 Å². The fourth-order valence-corrected chi connectivity index (χ4v) is 4.67. The Hall–Kier alpha value is -3.64. The third kappa shape index (κ3) is 3.42. The quantitative estimate of drug-likeness (QED) is 0.291. The number of rotatable bonds is 4. The van der Waals surface area contributed by atoms with E-state index in [1.807, 2.05) is 24.3 Å². The molecule has 32 heavy (non-hydrogen) atoms. The number of hydrogen-bond acceptors (Lipinski definition) is 4. The standard InChI is InChI=1S/C26H24FN3O2/c27-19-3-5-20(6-4-19)30-24-13-18(15-28)23(29)14-22(24)25(16-1-7-21(31)8-2-16)26(30)17-9-11-32-12-10-17/h1-8,13-15,17,28,31H,9-12,29H2. The predicted molar refractivity (Wildman–Crippen MR) is 125 cm³/mol. The maximum Gasteiger partial charge on any atom is 0.123 e. The second-order valence-corrected chi connectivity index (χ2v) is 8.15. The van der Waals surface area contributed by atoms with Gasteiger partial charge in [-0.1, -0.05) is 12.1 Å². The van der Waals surface area contributed by atoms with E-state index in [4.69, 9.17) is 15.9 Å². The van der Waals surface area contributed by atoms with Crippen molar-refractivity contribution in [1.82, 2.24) is 4.57 Å². The van der Waals surface area contributed by atoms with Gasteiger partial charge in [0, 0.05) is 58.9 Å². The lowest BCUT2D eigenvalue weighted by Gasteiger charge is -2.26. The zero-order chi connectivity index (χ0) is 22.2. The average Bonchev–Trinajstić information content (AvgIpc) is 3.14. The minimum Gasteiger partial charge on any atom is -0.508 e. The van der Waals surface area contributed by atoms with Crippen molar-refractivity contribution in [1.29, 1.82) is 5.41 Å². The van der Waals surface area contributed by atoms with E-state index in [2.05, 4.69) is 4.57 Å². The number of ether oxygens (including phenoxy) is 1. The van der Waals surface area contributed by atoms with Crippen LogP contribution in [-0.2, 0) is 4.74 Å². The number of benzene rings is 3. The van der Waals surface area contributed by atoms with Gasteiger partial charge in [-0.15, -0.1) is 0 Å². The monoisotopic (exact) mass is 429 g/mol. The number of nitrogens with one attached hydrogen (secondary N) is 1. The van der Waals surface area contributed by atoms with Crippen molar-refractivity contribution in [2.45, 2.75) is 18.8 Å². The van der Waals surface area contributed by atoms with Crippen LogP contribution in [0.25, 0.3) is 27.7 Å². The number of nitrogen functional groups attached to an aromatic ring is 1. The third-order valence-electron chi connectivity index (χ3n) is 6.21. The molecule has 0 aliphatic carbocycles. The van der Waals surface area contributed by atoms with Gasteiger partial charge in [-0.2, -0.15) is 0 Å². The SMILES string of the molecule is N=Cc1cc2c(cc1N)c(-c1ccc(O)cc1)c(C1CCOCC1)n2-c1ccc(F)cc1. The summed E-state index contributed by atoms with van der Waals surface area (Å²) in [6.07, 6.45) is 3.00. The van der Waals surface area contributed by atoms with E-state index in [9.17, 15) is 9.50 Å². The molecule has 1 saturated heterocycles. The number of aromatic nitrogens is 1. The minimum atomic E-state index is -0.291. The van der Waals surface area contributed by atoms with E-state index >= 15 is 0 Å². The number of hydrogen-bond donors (Lipinski definition) is 3. The second-order valence-electron chi connectivity index (χ2n) is 8.15. The maximum absolute atomic E-state index is 13.8. The summed E-state index contributed by atoms with van der Waals surface area (Å²) in [5, 5.41) is 18.6. The molecule has 3 aromatic carbocycles. The first-order chi connectivity index (χ1) is 15.6. The third-order valence-corrected chi connectivity index (χ3v) is 6.21. The molecule has 2 heterocycles. The lowest BCUT2D eigenvalue weighted by atomic mass is 9.89. The molecular weight excluding hydrogens is 405 g/mol. The number of phenolic OH excluding ortho intramolecular Hbond substituents is 1. The molecule has 0 atom stereocenters. The van der Waals surface area contributed by atoms with E-state index in [0.717, 1.165) is 46.3 Å². The average molecular weight is 429 g/mol. The number of phenols is 1. The molecule has 4 aromatic rings. The molecule has 5 nitrogen and oxygen atoms in total. The second kappa shape index (κ2) is 8.13. The molecule has 1 fully saturated rings. The maximum atomic E-state index is 13.8. The number of aromatic hydroxyl groups is 1. The van der Waals surface area contributed by atoms with Gasteiger partial charge in [0.2, 0.25) is 0 Å².